The van der Waals surface area contributed by atoms with E-state index in [4.69, 9.17) is 21.0 Å². The largest absolute Gasteiger partial charge is 0.493 e. The van der Waals surface area contributed by atoms with E-state index in [-0.39, 0.29) is 23.9 Å². The van der Waals surface area contributed by atoms with Gasteiger partial charge in [0.05, 0.1) is 11.5 Å². The van der Waals surface area contributed by atoms with Crippen molar-refractivity contribution in [1.29, 1.82) is 0 Å². The number of aryl methyl sites for hydroxylation is 1. The average molecular weight is 465 g/mol. The molecule has 0 spiro atoms. The Bertz CT molecular complexity index is 1000. The van der Waals surface area contributed by atoms with Crippen LogP contribution in [0.25, 0.3) is 0 Å². The summed E-state index contributed by atoms with van der Waals surface area (Å²) in [5.74, 6) is -0.836. The number of carbonyl (C=O) groups is 1. The maximum Gasteiger partial charge on any atom is 0.322 e. The molecule has 0 fully saturated rings. The van der Waals surface area contributed by atoms with E-state index in [1.807, 2.05) is 6.92 Å². The van der Waals surface area contributed by atoms with Crippen LogP contribution in [0.5, 0.6) is 5.75 Å². The van der Waals surface area contributed by atoms with E-state index in [1.165, 1.54) is 12.1 Å². The highest BCUT2D eigenvalue weighted by Gasteiger charge is 2.25. The average Bonchev–Trinajstić information content (AvgIpc) is 2.76. The highest BCUT2D eigenvalue weighted by atomic mass is 32.2. The molecule has 0 aliphatic carbocycles. The van der Waals surface area contributed by atoms with Crippen LogP contribution in [-0.4, -0.2) is 44.7 Å². The van der Waals surface area contributed by atoms with Gasteiger partial charge in [-0.2, -0.15) is 4.72 Å². The predicted octanol–water partition coefficient (Wildman–Crippen LogP) is 1.20. The number of carboxylic acid groups (broad SMARTS) is 1. The molecule has 0 aliphatic rings. The summed E-state index contributed by atoms with van der Waals surface area (Å²) in [5, 5.41) is 12.9. The molecule has 2 aromatic rings. The highest BCUT2D eigenvalue weighted by molar-refractivity contribution is 7.89. The van der Waals surface area contributed by atoms with Gasteiger partial charge in [0.25, 0.3) is 0 Å². The molecule has 0 radical (unpaired) electrons. The van der Waals surface area contributed by atoms with E-state index in [9.17, 15) is 18.3 Å². The quantitative estimate of drug-likeness (QED) is 0.148. The number of oxime groups is 1. The lowest BCUT2D eigenvalue weighted by molar-refractivity contribution is -0.138. The smallest absolute Gasteiger partial charge is 0.322 e. The Morgan fingerprint density at radius 2 is 1.69 bits per heavy atom. The summed E-state index contributed by atoms with van der Waals surface area (Å²) < 4.78 is 33.0. The number of benzene rings is 2. The lowest BCUT2D eigenvalue weighted by Gasteiger charge is -2.15. The molecule has 0 aliphatic heterocycles. The van der Waals surface area contributed by atoms with Crippen molar-refractivity contribution in [2.24, 2.45) is 16.6 Å². The van der Waals surface area contributed by atoms with Crippen LogP contribution in [0.2, 0.25) is 0 Å². The summed E-state index contributed by atoms with van der Waals surface area (Å²) in [4.78, 5) is 16.5. The topological polar surface area (TPSA) is 166 Å². The molecule has 0 saturated heterocycles. The van der Waals surface area contributed by atoms with E-state index in [2.05, 4.69) is 9.88 Å². The van der Waals surface area contributed by atoms with Crippen molar-refractivity contribution >= 4 is 22.0 Å². The molecule has 0 bridgehead atoms. The Morgan fingerprint density at radius 1 is 1.06 bits per heavy atom. The molecular weight excluding hydrogens is 436 g/mol. The number of sulfonamides is 1. The SMILES string of the molecule is CCc1ccc(S(=O)(=O)NC(Cc2ccc(OCCCON=C(N)N)cc2)C(=O)O)cc1. The minimum Gasteiger partial charge on any atom is -0.493 e. The second kappa shape index (κ2) is 11.9. The lowest BCUT2D eigenvalue weighted by Crippen LogP contribution is -2.42. The number of ether oxygens (including phenoxy) is 1. The first kappa shape index (κ1) is 25.0. The fourth-order valence-electron chi connectivity index (χ4n) is 2.73. The summed E-state index contributed by atoms with van der Waals surface area (Å²) in [5.41, 5.74) is 11.9. The van der Waals surface area contributed by atoms with Crippen LogP contribution in [0.15, 0.2) is 58.6 Å². The Kier molecular flexibility index (Phi) is 9.29. The first-order chi connectivity index (χ1) is 15.2. The third kappa shape index (κ3) is 8.08. The van der Waals surface area contributed by atoms with Gasteiger partial charge in [-0.15, -0.1) is 0 Å². The third-order valence-corrected chi connectivity index (χ3v) is 5.91. The van der Waals surface area contributed by atoms with E-state index in [0.29, 0.717) is 24.3 Å². The highest BCUT2D eigenvalue weighted by Crippen LogP contribution is 2.16. The van der Waals surface area contributed by atoms with Crippen molar-refractivity contribution < 1.29 is 27.9 Å². The summed E-state index contributed by atoms with van der Waals surface area (Å²) in [6, 6.07) is 11.8. The normalized spacial score (nSPS) is 12.0. The number of nitrogens with one attached hydrogen (secondary N) is 1. The van der Waals surface area contributed by atoms with Gasteiger partial charge in [-0.3, -0.25) is 4.79 Å². The third-order valence-electron chi connectivity index (χ3n) is 4.42. The maximum atomic E-state index is 12.6. The van der Waals surface area contributed by atoms with E-state index >= 15 is 0 Å². The molecular formula is C21H28N4O6S. The number of aliphatic carboxylic acids is 1. The Hall–Kier alpha value is -3.31. The Morgan fingerprint density at radius 3 is 2.25 bits per heavy atom. The molecule has 32 heavy (non-hydrogen) atoms. The molecule has 2 rings (SSSR count). The Balaban J connectivity index is 1.93. The first-order valence-corrected chi connectivity index (χ1v) is 11.5. The monoisotopic (exact) mass is 464 g/mol. The number of carboxylic acids is 1. The fourth-order valence-corrected chi connectivity index (χ4v) is 3.92. The second-order valence-corrected chi connectivity index (χ2v) is 8.62. The van der Waals surface area contributed by atoms with E-state index in [1.54, 1.807) is 36.4 Å². The van der Waals surface area contributed by atoms with Gasteiger partial charge in [-0.25, -0.2) is 8.42 Å². The van der Waals surface area contributed by atoms with Gasteiger partial charge in [0.15, 0.2) is 0 Å². The van der Waals surface area contributed by atoms with Crippen LogP contribution in [-0.2, 0) is 32.5 Å². The van der Waals surface area contributed by atoms with Gasteiger partial charge in [0.2, 0.25) is 16.0 Å². The molecule has 0 heterocycles. The number of nitrogens with two attached hydrogens (primary N) is 2. The van der Waals surface area contributed by atoms with Crippen LogP contribution in [0.4, 0.5) is 0 Å². The van der Waals surface area contributed by atoms with E-state index < -0.39 is 22.0 Å². The zero-order chi connectivity index (χ0) is 23.6. The van der Waals surface area contributed by atoms with Gasteiger partial charge in [0, 0.05) is 6.42 Å². The molecule has 1 atom stereocenters. The zero-order valence-corrected chi connectivity index (χ0v) is 18.5. The van der Waals surface area contributed by atoms with Crippen LogP contribution in [0.1, 0.15) is 24.5 Å². The van der Waals surface area contributed by atoms with Crippen molar-refractivity contribution in [2.45, 2.75) is 37.1 Å². The summed E-state index contributed by atoms with van der Waals surface area (Å²) >= 11 is 0. The lowest BCUT2D eigenvalue weighted by atomic mass is 10.1. The molecule has 0 saturated carbocycles. The molecule has 1 unspecified atom stereocenters. The van der Waals surface area contributed by atoms with Crippen molar-refractivity contribution in [1.82, 2.24) is 4.72 Å². The van der Waals surface area contributed by atoms with Gasteiger partial charge < -0.3 is 26.1 Å². The van der Waals surface area contributed by atoms with Crippen molar-refractivity contribution in [3.63, 3.8) is 0 Å². The van der Waals surface area contributed by atoms with Crippen LogP contribution < -0.4 is 20.9 Å². The Labute approximate surface area is 187 Å². The van der Waals surface area contributed by atoms with Crippen molar-refractivity contribution in [3.05, 3.63) is 59.7 Å². The molecule has 10 nitrogen and oxygen atoms in total. The molecule has 174 valence electrons. The molecule has 6 N–H and O–H groups in total. The molecule has 11 heteroatoms. The summed E-state index contributed by atoms with van der Waals surface area (Å²) in [6.07, 6.45) is 1.31. The van der Waals surface area contributed by atoms with Crippen molar-refractivity contribution in [2.75, 3.05) is 13.2 Å². The number of rotatable bonds is 13. The van der Waals surface area contributed by atoms with Crippen LogP contribution in [0, 0.1) is 0 Å². The standard InChI is InChI=1S/C21H28N4O6S/c1-2-15-6-10-18(11-7-15)32(28,29)25-19(20(26)27)14-16-4-8-17(9-5-16)30-12-3-13-31-24-21(22)23/h4-11,19,25H,2-3,12-14H2,1H3,(H,26,27)(H4,22,23,24). The van der Waals surface area contributed by atoms with Gasteiger partial charge in [-0.05, 0) is 53.4 Å². The summed E-state index contributed by atoms with van der Waals surface area (Å²) in [7, 11) is -3.98. The van der Waals surface area contributed by atoms with E-state index in [0.717, 1.165) is 12.0 Å². The molecule has 0 aromatic heterocycles. The first-order valence-electron chi connectivity index (χ1n) is 9.98. The zero-order valence-electron chi connectivity index (χ0n) is 17.7. The van der Waals surface area contributed by atoms with Gasteiger partial charge in [-0.1, -0.05) is 31.2 Å². The number of hydrogen-bond acceptors (Lipinski definition) is 6. The van der Waals surface area contributed by atoms with Crippen molar-refractivity contribution in [3.8, 4) is 5.75 Å². The molecule has 2 aromatic carbocycles. The second-order valence-electron chi connectivity index (χ2n) is 6.91. The summed E-state index contributed by atoms with van der Waals surface area (Å²) in [6.45, 7) is 2.62. The fraction of sp³-hybridized carbons (Fsp3) is 0.333. The number of hydrogen-bond donors (Lipinski definition) is 4. The number of guanidine groups is 1. The van der Waals surface area contributed by atoms with Crippen LogP contribution in [0.3, 0.4) is 0 Å². The molecule has 0 amide bonds. The van der Waals surface area contributed by atoms with Gasteiger partial charge in [0.1, 0.15) is 18.4 Å². The van der Waals surface area contributed by atoms with Crippen LogP contribution >= 0.6 is 0 Å². The predicted molar refractivity (Wildman–Crippen MR) is 120 cm³/mol. The van der Waals surface area contributed by atoms with Gasteiger partial charge >= 0.3 is 5.97 Å². The minimum atomic E-state index is -3.98. The minimum absolute atomic E-state index is 0.0196. The number of nitrogens with zero attached hydrogens (tertiary/aromatic N) is 1. The maximum absolute atomic E-state index is 12.6.